The van der Waals surface area contributed by atoms with Crippen LogP contribution in [0.25, 0.3) is 0 Å². The standard InChI is InChI=1S/C13H15IN2O3/c1-13(18-6-7-19-13)8-12(17)16-15-9-10-4-2-3-5-11(10)14/h2-5,9H,6-8H2,1H3,(H,16,17). The van der Waals surface area contributed by atoms with Gasteiger partial charge in [-0.2, -0.15) is 5.10 Å². The van der Waals surface area contributed by atoms with Crippen LogP contribution in [0.2, 0.25) is 0 Å². The van der Waals surface area contributed by atoms with E-state index in [9.17, 15) is 4.79 Å². The number of nitrogens with one attached hydrogen (secondary N) is 1. The third-order valence-corrected chi connectivity index (χ3v) is 3.66. The highest BCUT2D eigenvalue weighted by Crippen LogP contribution is 2.22. The number of hydrogen-bond acceptors (Lipinski definition) is 4. The Labute approximate surface area is 125 Å². The first kappa shape index (κ1) is 14.4. The van der Waals surface area contributed by atoms with Gasteiger partial charge in [-0.15, -0.1) is 0 Å². The Bertz CT molecular complexity index is 485. The number of benzene rings is 1. The molecule has 1 amide bonds. The molecule has 1 N–H and O–H groups in total. The van der Waals surface area contributed by atoms with E-state index in [1.54, 1.807) is 13.1 Å². The number of ether oxygens (including phenoxy) is 2. The molecule has 102 valence electrons. The van der Waals surface area contributed by atoms with E-state index in [0.717, 1.165) is 9.13 Å². The van der Waals surface area contributed by atoms with Gasteiger partial charge in [0.2, 0.25) is 5.91 Å². The molecule has 1 fully saturated rings. The van der Waals surface area contributed by atoms with Crippen molar-refractivity contribution in [3.8, 4) is 0 Å². The summed E-state index contributed by atoms with van der Waals surface area (Å²) >= 11 is 2.22. The van der Waals surface area contributed by atoms with Crippen molar-refractivity contribution in [3.05, 3.63) is 33.4 Å². The van der Waals surface area contributed by atoms with E-state index < -0.39 is 5.79 Å². The zero-order valence-corrected chi connectivity index (χ0v) is 12.7. The van der Waals surface area contributed by atoms with Gasteiger partial charge in [-0.3, -0.25) is 4.79 Å². The van der Waals surface area contributed by atoms with Gasteiger partial charge >= 0.3 is 0 Å². The summed E-state index contributed by atoms with van der Waals surface area (Å²) in [4.78, 5) is 11.7. The molecule has 0 saturated carbocycles. The molecule has 0 radical (unpaired) electrons. The highest BCUT2D eigenvalue weighted by molar-refractivity contribution is 14.1. The fourth-order valence-electron chi connectivity index (χ4n) is 1.74. The first-order valence-electron chi connectivity index (χ1n) is 5.93. The fourth-order valence-corrected chi connectivity index (χ4v) is 2.27. The minimum absolute atomic E-state index is 0.135. The monoisotopic (exact) mass is 374 g/mol. The van der Waals surface area contributed by atoms with Gasteiger partial charge in [-0.05, 0) is 35.6 Å². The number of nitrogens with zero attached hydrogens (tertiary/aromatic N) is 1. The van der Waals surface area contributed by atoms with Gasteiger partial charge in [-0.25, -0.2) is 5.43 Å². The first-order valence-corrected chi connectivity index (χ1v) is 7.01. The highest BCUT2D eigenvalue weighted by atomic mass is 127. The van der Waals surface area contributed by atoms with Crippen molar-refractivity contribution in [1.82, 2.24) is 5.43 Å². The number of amides is 1. The molecule has 1 aromatic carbocycles. The van der Waals surface area contributed by atoms with Crippen LogP contribution in [0.15, 0.2) is 29.4 Å². The van der Waals surface area contributed by atoms with E-state index in [0.29, 0.717) is 13.2 Å². The molecule has 5 nitrogen and oxygen atoms in total. The van der Waals surface area contributed by atoms with Crippen molar-refractivity contribution in [2.24, 2.45) is 5.10 Å². The molecule has 19 heavy (non-hydrogen) atoms. The molecule has 0 aromatic heterocycles. The SMILES string of the molecule is CC1(CC(=O)NN=Cc2ccccc2I)OCCO1. The minimum Gasteiger partial charge on any atom is -0.347 e. The Morgan fingerprint density at radius 2 is 2.16 bits per heavy atom. The molecule has 6 heteroatoms. The van der Waals surface area contributed by atoms with Crippen LogP contribution in [0.4, 0.5) is 0 Å². The third kappa shape index (κ3) is 4.26. The second-order valence-corrected chi connectivity index (χ2v) is 5.48. The van der Waals surface area contributed by atoms with E-state index in [1.807, 2.05) is 24.3 Å². The Kier molecular flexibility index (Phi) is 4.89. The van der Waals surface area contributed by atoms with Gasteiger partial charge in [0.15, 0.2) is 5.79 Å². The summed E-state index contributed by atoms with van der Waals surface area (Å²) in [5, 5.41) is 3.94. The number of hydrazone groups is 1. The van der Waals surface area contributed by atoms with E-state index in [4.69, 9.17) is 9.47 Å². The number of carbonyl (C=O) groups is 1. The van der Waals surface area contributed by atoms with Crippen LogP contribution in [0.3, 0.4) is 0 Å². The molecular weight excluding hydrogens is 359 g/mol. The van der Waals surface area contributed by atoms with Crippen LogP contribution >= 0.6 is 22.6 Å². The topological polar surface area (TPSA) is 59.9 Å². The molecule has 2 rings (SSSR count). The number of rotatable bonds is 4. The van der Waals surface area contributed by atoms with Crippen molar-refractivity contribution in [2.75, 3.05) is 13.2 Å². The second kappa shape index (κ2) is 6.44. The lowest BCUT2D eigenvalue weighted by molar-refractivity contribution is -0.159. The maximum Gasteiger partial charge on any atom is 0.245 e. The summed E-state index contributed by atoms with van der Waals surface area (Å²) < 4.78 is 11.8. The van der Waals surface area contributed by atoms with E-state index in [1.165, 1.54) is 0 Å². The molecule has 1 heterocycles. The summed E-state index contributed by atoms with van der Waals surface area (Å²) in [6.07, 6.45) is 1.76. The van der Waals surface area contributed by atoms with Crippen LogP contribution < -0.4 is 5.43 Å². The predicted molar refractivity (Wildman–Crippen MR) is 79.8 cm³/mol. The van der Waals surface area contributed by atoms with Crippen LogP contribution in [0, 0.1) is 3.57 Å². The summed E-state index contributed by atoms with van der Waals surface area (Å²) in [5.41, 5.74) is 3.44. The molecule has 1 saturated heterocycles. The third-order valence-electron chi connectivity index (χ3n) is 2.68. The first-order chi connectivity index (χ1) is 9.09. The molecule has 1 aliphatic rings. The summed E-state index contributed by atoms with van der Waals surface area (Å²) in [6.45, 7) is 2.80. The smallest absolute Gasteiger partial charge is 0.245 e. The van der Waals surface area contributed by atoms with Gasteiger partial charge in [0, 0.05) is 9.13 Å². The maximum atomic E-state index is 11.7. The average Bonchev–Trinajstić information content (AvgIpc) is 2.78. The zero-order chi connectivity index (χ0) is 13.7. The van der Waals surface area contributed by atoms with Gasteiger partial charge < -0.3 is 9.47 Å². The van der Waals surface area contributed by atoms with Gasteiger partial charge in [0.25, 0.3) is 0 Å². The lowest BCUT2D eigenvalue weighted by Crippen LogP contribution is -2.33. The highest BCUT2D eigenvalue weighted by Gasteiger charge is 2.33. The van der Waals surface area contributed by atoms with E-state index >= 15 is 0 Å². The van der Waals surface area contributed by atoms with E-state index in [-0.39, 0.29) is 12.3 Å². The van der Waals surface area contributed by atoms with Crippen molar-refractivity contribution < 1.29 is 14.3 Å². The maximum absolute atomic E-state index is 11.7. The summed E-state index contributed by atoms with van der Waals surface area (Å²) in [6, 6.07) is 7.78. The molecule has 0 spiro atoms. The quantitative estimate of drug-likeness (QED) is 0.498. The summed E-state index contributed by atoms with van der Waals surface area (Å²) in [7, 11) is 0. The van der Waals surface area contributed by atoms with Crippen molar-refractivity contribution in [3.63, 3.8) is 0 Å². The average molecular weight is 374 g/mol. The van der Waals surface area contributed by atoms with Gasteiger partial charge in [0.05, 0.1) is 25.8 Å². The largest absolute Gasteiger partial charge is 0.347 e. The minimum atomic E-state index is -0.819. The molecule has 0 aliphatic carbocycles. The fraction of sp³-hybridized carbons (Fsp3) is 0.385. The van der Waals surface area contributed by atoms with Crippen LogP contribution in [-0.4, -0.2) is 31.1 Å². The second-order valence-electron chi connectivity index (χ2n) is 4.32. The molecular formula is C13H15IN2O3. The number of halogens is 1. The van der Waals surface area contributed by atoms with Crippen LogP contribution in [0.1, 0.15) is 18.9 Å². The van der Waals surface area contributed by atoms with Crippen molar-refractivity contribution in [2.45, 2.75) is 19.1 Å². The predicted octanol–water partition coefficient (Wildman–Crippen LogP) is 1.89. The van der Waals surface area contributed by atoms with Crippen LogP contribution in [0.5, 0.6) is 0 Å². The zero-order valence-electron chi connectivity index (χ0n) is 10.6. The van der Waals surface area contributed by atoms with E-state index in [2.05, 4.69) is 33.1 Å². The van der Waals surface area contributed by atoms with Crippen molar-refractivity contribution >= 4 is 34.7 Å². The Morgan fingerprint density at radius 3 is 2.84 bits per heavy atom. The number of carbonyl (C=O) groups excluding carboxylic acids is 1. The lowest BCUT2D eigenvalue weighted by atomic mass is 10.2. The Hall–Kier alpha value is -0.990. The molecule has 1 aromatic rings. The number of hydrogen-bond donors (Lipinski definition) is 1. The Morgan fingerprint density at radius 1 is 1.47 bits per heavy atom. The molecule has 0 unspecified atom stereocenters. The molecule has 0 atom stereocenters. The van der Waals surface area contributed by atoms with Crippen LogP contribution in [-0.2, 0) is 14.3 Å². The molecule has 1 aliphatic heterocycles. The summed E-state index contributed by atoms with van der Waals surface area (Å²) in [5.74, 6) is -1.05. The van der Waals surface area contributed by atoms with Gasteiger partial charge in [-0.1, -0.05) is 18.2 Å². The molecule has 0 bridgehead atoms. The van der Waals surface area contributed by atoms with Crippen molar-refractivity contribution in [1.29, 1.82) is 0 Å². The Balaban J connectivity index is 1.85. The lowest BCUT2D eigenvalue weighted by Gasteiger charge is -2.20. The van der Waals surface area contributed by atoms with Gasteiger partial charge in [0.1, 0.15) is 0 Å². The normalized spacial score (nSPS) is 17.8.